The van der Waals surface area contributed by atoms with Gasteiger partial charge in [-0.2, -0.15) is 0 Å². The average molecular weight is 169 g/mol. The Labute approximate surface area is 77.1 Å². The van der Waals surface area contributed by atoms with Crippen molar-refractivity contribution in [3.8, 4) is 0 Å². The van der Waals surface area contributed by atoms with Crippen molar-refractivity contribution in [1.82, 2.24) is 4.90 Å². The van der Waals surface area contributed by atoms with Gasteiger partial charge in [0.25, 0.3) is 0 Å². The first-order chi connectivity index (χ1) is 5.55. The van der Waals surface area contributed by atoms with Gasteiger partial charge in [-0.25, -0.2) is 0 Å². The van der Waals surface area contributed by atoms with E-state index in [9.17, 15) is 0 Å². The van der Waals surface area contributed by atoms with Crippen LogP contribution in [0.1, 0.15) is 47.0 Å². The maximum atomic E-state index is 2.64. The van der Waals surface area contributed by atoms with Gasteiger partial charge in [0.15, 0.2) is 0 Å². The van der Waals surface area contributed by atoms with E-state index in [0.29, 0.717) is 5.41 Å². The van der Waals surface area contributed by atoms with Crippen LogP contribution in [0.3, 0.4) is 0 Å². The molecule has 1 heteroatoms. The monoisotopic (exact) mass is 169 g/mol. The molecule has 12 heavy (non-hydrogen) atoms. The molecule has 72 valence electrons. The zero-order chi connectivity index (χ0) is 9.19. The molecule has 0 radical (unpaired) electrons. The van der Waals surface area contributed by atoms with E-state index in [0.717, 1.165) is 6.04 Å². The SMILES string of the molecule is CCN1CCCCC1C(C)(C)C. The van der Waals surface area contributed by atoms with Crippen LogP contribution in [0.25, 0.3) is 0 Å². The van der Waals surface area contributed by atoms with Crippen molar-refractivity contribution in [2.45, 2.75) is 53.0 Å². The molecule has 1 heterocycles. The van der Waals surface area contributed by atoms with Crippen molar-refractivity contribution in [2.24, 2.45) is 5.41 Å². The van der Waals surface area contributed by atoms with Gasteiger partial charge in [-0.3, -0.25) is 0 Å². The molecular weight excluding hydrogens is 146 g/mol. The second kappa shape index (κ2) is 3.78. The summed E-state index contributed by atoms with van der Waals surface area (Å²) in [4.78, 5) is 2.64. The molecule has 1 aliphatic heterocycles. The standard InChI is InChI=1S/C11H23N/c1-5-12-9-7-6-8-10(12)11(2,3)4/h10H,5-9H2,1-4H3. The Morgan fingerprint density at radius 1 is 1.25 bits per heavy atom. The van der Waals surface area contributed by atoms with Crippen molar-refractivity contribution < 1.29 is 0 Å². The van der Waals surface area contributed by atoms with Gasteiger partial charge in [0, 0.05) is 6.04 Å². The van der Waals surface area contributed by atoms with Crippen molar-refractivity contribution in [3.63, 3.8) is 0 Å². The Morgan fingerprint density at radius 3 is 2.33 bits per heavy atom. The Morgan fingerprint density at radius 2 is 1.92 bits per heavy atom. The normalized spacial score (nSPS) is 27.5. The first kappa shape index (κ1) is 10.0. The molecular formula is C11H23N. The number of likely N-dealkylation sites (tertiary alicyclic amines) is 1. The Bertz CT molecular complexity index is 134. The zero-order valence-electron chi connectivity index (χ0n) is 9.06. The van der Waals surface area contributed by atoms with Crippen molar-refractivity contribution in [1.29, 1.82) is 0 Å². The van der Waals surface area contributed by atoms with Gasteiger partial charge >= 0.3 is 0 Å². The maximum absolute atomic E-state index is 2.64. The number of hydrogen-bond donors (Lipinski definition) is 0. The molecule has 0 aromatic carbocycles. The minimum Gasteiger partial charge on any atom is -0.300 e. The maximum Gasteiger partial charge on any atom is 0.0144 e. The first-order valence-corrected chi connectivity index (χ1v) is 5.29. The van der Waals surface area contributed by atoms with Crippen molar-refractivity contribution in [2.75, 3.05) is 13.1 Å². The zero-order valence-corrected chi connectivity index (χ0v) is 9.06. The Kier molecular flexibility index (Phi) is 3.16. The highest BCUT2D eigenvalue weighted by molar-refractivity contribution is 4.85. The summed E-state index contributed by atoms with van der Waals surface area (Å²) in [6.45, 7) is 11.9. The summed E-state index contributed by atoms with van der Waals surface area (Å²) < 4.78 is 0. The highest BCUT2D eigenvalue weighted by atomic mass is 15.2. The van der Waals surface area contributed by atoms with Crippen LogP contribution in [0.4, 0.5) is 0 Å². The fraction of sp³-hybridized carbons (Fsp3) is 1.00. The number of piperidine rings is 1. The molecule has 1 aliphatic rings. The minimum atomic E-state index is 0.469. The van der Waals surface area contributed by atoms with Gasteiger partial charge in [-0.1, -0.05) is 34.1 Å². The molecule has 0 aromatic rings. The van der Waals surface area contributed by atoms with Gasteiger partial charge in [-0.15, -0.1) is 0 Å². The molecule has 1 saturated heterocycles. The molecule has 1 fully saturated rings. The van der Waals surface area contributed by atoms with Crippen LogP contribution in [0.15, 0.2) is 0 Å². The smallest absolute Gasteiger partial charge is 0.0144 e. The lowest BCUT2D eigenvalue weighted by Crippen LogP contribution is -2.46. The summed E-state index contributed by atoms with van der Waals surface area (Å²) in [7, 11) is 0. The summed E-state index contributed by atoms with van der Waals surface area (Å²) in [6.07, 6.45) is 4.23. The fourth-order valence-corrected chi connectivity index (χ4v) is 2.35. The largest absolute Gasteiger partial charge is 0.300 e. The van der Waals surface area contributed by atoms with Crippen molar-refractivity contribution >= 4 is 0 Å². The van der Waals surface area contributed by atoms with Gasteiger partial charge < -0.3 is 4.90 Å². The molecule has 1 atom stereocenters. The van der Waals surface area contributed by atoms with E-state index in [1.807, 2.05) is 0 Å². The van der Waals surface area contributed by atoms with Gasteiger partial charge in [0.1, 0.15) is 0 Å². The summed E-state index contributed by atoms with van der Waals surface area (Å²) in [5, 5.41) is 0. The van der Waals surface area contributed by atoms with E-state index in [2.05, 4.69) is 32.6 Å². The molecule has 1 rings (SSSR count). The van der Waals surface area contributed by atoms with E-state index >= 15 is 0 Å². The lowest BCUT2D eigenvalue weighted by atomic mass is 9.81. The van der Waals surface area contributed by atoms with Crippen LogP contribution in [-0.4, -0.2) is 24.0 Å². The van der Waals surface area contributed by atoms with E-state index < -0.39 is 0 Å². The predicted octanol–water partition coefficient (Wildman–Crippen LogP) is 2.91. The van der Waals surface area contributed by atoms with Crippen LogP contribution in [0, 0.1) is 5.41 Å². The third-order valence-electron chi connectivity index (χ3n) is 3.02. The first-order valence-electron chi connectivity index (χ1n) is 5.29. The molecule has 0 bridgehead atoms. The molecule has 0 N–H and O–H groups in total. The predicted molar refractivity (Wildman–Crippen MR) is 54.3 cm³/mol. The molecule has 0 aromatic heterocycles. The summed E-state index contributed by atoms with van der Waals surface area (Å²) in [5.74, 6) is 0. The van der Waals surface area contributed by atoms with Gasteiger partial charge in [0.05, 0.1) is 0 Å². The highest BCUT2D eigenvalue weighted by Crippen LogP contribution is 2.31. The third kappa shape index (κ3) is 2.22. The van der Waals surface area contributed by atoms with Gasteiger partial charge in [-0.05, 0) is 31.3 Å². The highest BCUT2D eigenvalue weighted by Gasteiger charge is 2.30. The molecule has 0 aliphatic carbocycles. The minimum absolute atomic E-state index is 0.469. The van der Waals surface area contributed by atoms with Crippen LogP contribution in [0.5, 0.6) is 0 Å². The Balaban J connectivity index is 2.59. The van der Waals surface area contributed by atoms with Crippen molar-refractivity contribution in [3.05, 3.63) is 0 Å². The van der Waals surface area contributed by atoms with Crippen LogP contribution in [0.2, 0.25) is 0 Å². The topological polar surface area (TPSA) is 3.24 Å². The number of hydrogen-bond acceptors (Lipinski definition) is 1. The third-order valence-corrected chi connectivity index (χ3v) is 3.02. The lowest BCUT2D eigenvalue weighted by molar-refractivity contribution is 0.0689. The van der Waals surface area contributed by atoms with Crippen LogP contribution >= 0.6 is 0 Å². The van der Waals surface area contributed by atoms with E-state index in [-0.39, 0.29) is 0 Å². The van der Waals surface area contributed by atoms with Gasteiger partial charge in [0.2, 0.25) is 0 Å². The van der Waals surface area contributed by atoms with E-state index in [4.69, 9.17) is 0 Å². The second-order valence-corrected chi connectivity index (χ2v) is 5.01. The average Bonchev–Trinajstić information content (AvgIpc) is 2.03. The van der Waals surface area contributed by atoms with Crippen LogP contribution < -0.4 is 0 Å². The number of rotatable bonds is 1. The molecule has 0 spiro atoms. The molecule has 0 amide bonds. The number of nitrogens with zero attached hydrogens (tertiary/aromatic N) is 1. The van der Waals surface area contributed by atoms with E-state index in [1.54, 1.807) is 0 Å². The summed E-state index contributed by atoms with van der Waals surface area (Å²) in [6, 6.07) is 0.816. The Hall–Kier alpha value is -0.0400. The summed E-state index contributed by atoms with van der Waals surface area (Å²) >= 11 is 0. The van der Waals surface area contributed by atoms with E-state index in [1.165, 1.54) is 32.4 Å². The quantitative estimate of drug-likeness (QED) is 0.583. The molecule has 1 nitrogen and oxygen atoms in total. The fourth-order valence-electron chi connectivity index (χ4n) is 2.35. The van der Waals surface area contributed by atoms with Crippen LogP contribution in [-0.2, 0) is 0 Å². The molecule has 0 saturated carbocycles. The lowest BCUT2D eigenvalue weighted by Gasteiger charge is -2.43. The second-order valence-electron chi connectivity index (χ2n) is 5.01. The molecule has 1 unspecified atom stereocenters. The summed E-state index contributed by atoms with van der Waals surface area (Å²) in [5.41, 5.74) is 0.469.